The molecule has 0 fully saturated rings. The molecular formula is C47H29N3S. The molecule has 10 aromatic rings. The summed E-state index contributed by atoms with van der Waals surface area (Å²) in [6.45, 7) is 0. The predicted octanol–water partition coefficient (Wildman–Crippen LogP) is 12.9. The quantitative estimate of drug-likeness (QED) is 0.171. The van der Waals surface area contributed by atoms with Crippen LogP contribution in [-0.2, 0) is 0 Å². The lowest BCUT2D eigenvalue weighted by Gasteiger charge is -2.18. The molecule has 0 aliphatic heterocycles. The van der Waals surface area contributed by atoms with E-state index < -0.39 is 0 Å². The largest absolute Gasteiger partial charge is 0.208 e. The third kappa shape index (κ3) is 5.00. The van der Waals surface area contributed by atoms with E-state index in [0.29, 0.717) is 17.5 Å². The van der Waals surface area contributed by atoms with Crippen molar-refractivity contribution in [2.45, 2.75) is 0 Å². The van der Waals surface area contributed by atoms with Gasteiger partial charge in [0.05, 0.1) is 0 Å². The number of hydrogen-bond donors (Lipinski definition) is 0. The van der Waals surface area contributed by atoms with Crippen molar-refractivity contribution >= 4 is 53.1 Å². The molecule has 0 N–H and O–H groups in total. The minimum atomic E-state index is 0.659. The Bertz CT molecular complexity index is 2840. The Morgan fingerprint density at radius 3 is 1.39 bits per heavy atom. The summed E-state index contributed by atoms with van der Waals surface area (Å²) in [5, 5.41) is 7.37. The molecular weight excluding hydrogens is 639 g/mol. The Kier molecular flexibility index (Phi) is 7.00. The van der Waals surface area contributed by atoms with Crippen LogP contribution in [0, 0.1) is 0 Å². The van der Waals surface area contributed by atoms with Crippen LogP contribution in [0.25, 0.3) is 98.1 Å². The van der Waals surface area contributed by atoms with Crippen molar-refractivity contribution in [2.24, 2.45) is 0 Å². The second-order valence-electron chi connectivity index (χ2n) is 12.7. The van der Waals surface area contributed by atoms with E-state index in [1.807, 2.05) is 47.7 Å². The summed E-state index contributed by atoms with van der Waals surface area (Å²) < 4.78 is 2.43. The number of hydrogen-bond acceptors (Lipinski definition) is 4. The predicted molar refractivity (Wildman–Crippen MR) is 215 cm³/mol. The molecule has 2 aromatic heterocycles. The lowest BCUT2D eigenvalue weighted by molar-refractivity contribution is 1.08. The average molecular weight is 668 g/mol. The Labute approximate surface area is 299 Å². The van der Waals surface area contributed by atoms with Crippen LogP contribution in [0.2, 0.25) is 0 Å². The van der Waals surface area contributed by atoms with E-state index in [2.05, 4.69) is 140 Å². The van der Waals surface area contributed by atoms with E-state index in [4.69, 9.17) is 15.0 Å². The Morgan fingerprint density at radius 2 is 0.804 bits per heavy atom. The maximum Gasteiger partial charge on any atom is 0.164 e. The van der Waals surface area contributed by atoms with E-state index >= 15 is 0 Å². The molecule has 0 aliphatic carbocycles. The minimum absolute atomic E-state index is 0.659. The normalized spacial score (nSPS) is 11.5. The molecule has 0 atom stereocenters. The Morgan fingerprint density at radius 1 is 0.314 bits per heavy atom. The van der Waals surface area contributed by atoms with Crippen LogP contribution < -0.4 is 0 Å². The van der Waals surface area contributed by atoms with E-state index in [1.165, 1.54) is 58.6 Å². The zero-order chi connectivity index (χ0) is 33.7. The first kappa shape index (κ1) is 29.4. The van der Waals surface area contributed by atoms with Crippen LogP contribution in [0.1, 0.15) is 0 Å². The van der Waals surface area contributed by atoms with E-state index in [0.717, 1.165) is 22.1 Å². The molecule has 238 valence electrons. The van der Waals surface area contributed by atoms with Gasteiger partial charge in [-0.05, 0) is 62.0 Å². The van der Waals surface area contributed by atoms with Gasteiger partial charge >= 0.3 is 0 Å². The highest BCUT2D eigenvalue weighted by Gasteiger charge is 2.20. The van der Waals surface area contributed by atoms with Gasteiger partial charge in [-0.2, -0.15) is 0 Å². The third-order valence-corrected chi connectivity index (χ3v) is 10.9. The van der Waals surface area contributed by atoms with Gasteiger partial charge in [0.1, 0.15) is 0 Å². The monoisotopic (exact) mass is 667 g/mol. The van der Waals surface area contributed by atoms with E-state index in [-0.39, 0.29) is 0 Å². The summed E-state index contributed by atoms with van der Waals surface area (Å²) in [6.07, 6.45) is 0. The first-order valence-corrected chi connectivity index (χ1v) is 17.9. The number of aromatic nitrogens is 3. The van der Waals surface area contributed by atoms with Crippen LogP contribution in [0.3, 0.4) is 0 Å². The average Bonchev–Trinajstić information content (AvgIpc) is 3.59. The van der Waals surface area contributed by atoms with Gasteiger partial charge < -0.3 is 0 Å². The molecule has 0 radical (unpaired) electrons. The molecule has 0 saturated heterocycles. The van der Waals surface area contributed by atoms with Crippen LogP contribution >= 0.6 is 11.3 Å². The first-order valence-electron chi connectivity index (χ1n) is 17.1. The lowest BCUT2D eigenvalue weighted by atomic mass is 9.84. The molecule has 3 nitrogen and oxygen atoms in total. The zero-order valence-electron chi connectivity index (χ0n) is 27.5. The smallest absolute Gasteiger partial charge is 0.164 e. The van der Waals surface area contributed by atoms with Crippen molar-refractivity contribution < 1.29 is 0 Å². The number of fused-ring (bicyclic) bond motifs is 6. The summed E-state index contributed by atoms with van der Waals surface area (Å²) in [5.74, 6) is 1.98. The SMILES string of the molecule is c1ccc(-c2nc(-c3ccccc3)nc(-c3cccc4sc5ccc(-c6c(-c7ccccc7)c7ccccc7c7ccccc67)cc5c34)n2)cc1. The summed E-state index contributed by atoms with van der Waals surface area (Å²) in [7, 11) is 0. The maximum absolute atomic E-state index is 5.13. The van der Waals surface area contributed by atoms with E-state index in [9.17, 15) is 0 Å². The number of rotatable bonds is 5. The van der Waals surface area contributed by atoms with Crippen LogP contribution in [0.4, 0.5) is 0 Å². The highest BCUT2D eigenvalue weighted by atomic mass is 32.1. The van der Waals surface area contributed by atoms with Gasteiger partial charge in [-0.25, -0.2) is 15.0 Å². The first-order chi connectivity index (χ1) is 25.3. The van der Waals surface area contributed by atoms with Gasteiger partial charge in [0, 0.05) is 36.9 Å². The van der Waals surface area contributed by atoms with Crippen molar-refractivity contribution in [1.29, 1.82) is 0 Å². The highest BCUT2D eigenvalue weighted by molar-refractivity contribution is 7.26. The minimum Gasteiger partial charge on any atom is -0.208 e. The molecule has 0 bridgehead atoms. The van der Waals surface area contributed by atoms with Crippen LogP contribution in [0.15, 0.2) is 176 Å². The molecule has 2 heterocycles. The van der Waals surface area contributed by atoms with Crippen molar-refractivity contribution in [2.75, 3.05) is 0 Å². The second kappa shape index (κ2) is 12.1. The number of thiophene rings is 1. The number of nitrogens with zero attached hydrogens (tertiary/aromatic N) is 3. The van der Waals surface area contributed by atoms with Gasteiger partial charge in [-0.1, -0.05) is 158 Å². The summed E-state index contributed by atoms with van der Waals surface area (Å²) >= 11 is 1.81. The fraction of sp³-hybridized carbons (Fsp3) is 0. The molecule has 0 aliphatic rings. The fourth-order valence-electron chi connectivity index (χ4n) is 7.44. The summed E-state index contributed by atoms with van der Waals surface area (Å²) in [5.41, 5.74) is 7.80. The molecule has 8 aromatic carbocycles. The topological polar surface area (TPSA) is 38.7 Å². The Hall–Kier alpha value is -6.49. The van der Waals surface area contributed by atoms with Crippen molar-refractivity contribution in [3.63, 3.8) is 0 Å². The lowest BCUT2D eigenvalue weighted by Crippen LogP contribution is -2.00. The standard InChI is InChI=1S/C47H29N3S/c1-4-15-30(16-5-1)42-36-23-12-10-21-34(36)35-22-11-13-24-37(35)43(42)33-27-28-40-39(29-33)44-38(25-14-26-41(44)51-40)47-49-45(31-17-6-2-7-18-31)48-46(50-47)32-19-8-3-9-20-32/h1-29H. The van der Waals surface area contributed by atoms with E-state index in [1.54, 1.807) is 0 Å². The summed E-state index contributed by atoms with van der Waals surface area (Å²) in [4.78, 5) is 15.2. The number of benzene rings is 8. The molecule has 10 rings (SSSR count). The van der Waals surface area contributed by atoms with Crippen molar-refractivity contribution in [3.05, 3.63) is 176 Å². The third-order valence-electron chi connectivity index (χ3n) is 9.72. The van der Waals surface area contributed by atoms with Gasteiger partial charge in [-0.15, -0.1) is 11.3 Å². The van der Waals surface area contributed by atoms with Crippen LogP contribution in [-0.4, -0.2) is 15.0 Å². The van der Waals surface area contributed by atoms with Crippen LogP contribution in [0.5, 0.6) is 0 Å². The molecule has 0 unspecified atom stereocenters. The van der Waals surface area contributed by atoms with Crippen molar-refractivity contribution in [1.82, 2.24) is 15.0 Å². The van der Waals surface area contributed by atoms with Gasteiger partial charge in [0.15, 0.2) is 17.5 Å². The van der Waals surface area contributed by atoms with Gasteiger partial charge in [0.25, 0.3) is 0 Å². The maximum atomic E-state index is 5.13. The molecule has 0 saturated carbocycles. The zero-order valence-corrected chi connectivity index (χ0v) is 28.3. The molecule has 4 heteroatoms. The molecule has 0 spiro atoms. The molecule has 51 heavy (non-hydrogen) atoms. The van der Waals surface area contributed by atoms with Gasteiger partial charge in [-0.3, -0.25) is 0 Å². The fourth-order valence-corrected chi connectivity index (χ4v) is 8.56. The van der Waals surface area contributed by atoms with Gasteiger partial charge in [0.2, 0.25) is 0 Å². The molecule has 0 amide bonds. The Balaban J connectivity index is 1.26. The summed E-state index contributed by atoms with van der Waals surface area (Å²) in [6, 6.07) is 62.2. The van der Waals surface area contributed by atoms with Crippen molar-refractivity contribution in [3.8, 4) is 56.4 Å². The second-order valence-corrected chi connectivity index (χ2v) is 13.8. The highest BCUT2D eigenvalue weighted by Crippen LogP contribution is 2.47.